The lowest BCUT2D eigenvalue weighted by Gasteiger charge is -2.10. The van der Waals surface area contributed by atoms with Crippen LogP contribution in [0, 0.1) is 6.92 Å². The van der Waals surface area contributed by atoms with Crippen LogP contribution < -0.4 is 10.5 Å². The van der Waals surface area contributed by atoms with Crippen LogP contribution in [-0.4, -0.2) is 8.42 Å². The average molecular weight is 282 g/mol. The first-order valence-corrected chi connectivity index (χ1v) is 7.84. The minimum absolute atomic E-state index is 0.126. The Labute approximate surface area is 111 Å². The summed E-state index contributed by atoms with van der Waals surface area (Å²) in [6.45, 7) is 2.58. The van der Waals surface area contributed by atoms with Gasteiger partial charge in [0, 0.05) is 12.2 Å². The molecule has 0 saturated carbocycles. The molecule has 96 valence electrons. The molecule has 0 bridgehead atoms. The van der Waals surface area contributed by atoms with Gasteiger partial charge in [0.2, 0.25) is 10.0 Å². The molecule has 2 rings (SSSR count). The van der Waals surface area contributed by atoms with Gasteiger partial charge in [0.05, 0.1) is 4.90 Å². The average Bonchev–Trinajstić information content (AvgIpc) is 2.79. The minimum atomic E-state index is -3.65. The third-order valence-corrected chi connectivity index (χ3v) is 4.24. The lowest BCUT2D eigenvalue weighted by atomic mass is 10.2. The normalized spacial score (nSPS) is 11.4. The van der Waals surface area contributed by atoms with Crippen LogP contribution in [0.5, 0.6) is 0 Å². The van der Waals surface area contributed by atoms with Crippen LogP contribution in [0.25, 0.3) is 0 Å². The Morgan fingerprint density at radius 1 is 1.33 bits per heavy atom. The molecule has 0 fully saturated rings. The molecule has 18 heavy (non-hydrogen) atoms. The van der Waals surface area contributed by atoms with Crippen LogP contribution >= 0.6 is 11.3 Å². The van der Waals surface area contributed by atoms with Crippen LogP contribution in [0.4, 0.5) is 5.69 Å². The number of primary sulfonamides is 1. The van der Waals surface area contributed by atoms with E-state index >= 15 is 0 Å². The first-order chi connectivity index (χ1) is 8.47. The van der Waals surface area contributed by atoms with Crippen LogP contribution in [0.15, 0.2) is 39.9 Å². The zero-order chi connectivity index (χ0) is 13.2. The van der Waals surface area contributed by atoms with Crippen molar-refractivity contribution in [2.45, 2.75) is 18.4 Å². The second-order valence-corrected chi connectivity index (χ2v) is 6.35. The highest BCUT2D eigenvalue weighted by Gasteiger charge is 2.09. The minimum Gasteiger partial charge on any atom is -0.381 e. The molecule has 0 aliphatic heterocycles. The SMILES string of the molecule is Cc1ccc(S(N)(=O)=O)cc1NCc1ccsc1. The molecular formula is C12H14N2O2S2. The van der Waals surface area contributed by atoms with Crippen molar-refractivity contribution in [3.8, 4) is 0 Å². The molecular weight excluding hydrogens is 268 g/mol. The van der Waals surface area contributed by atoms with Gasteiger partial charge in [-0.3, -0.25) is 0 Å². The molecule has 6 heteroatoms. The van der Waals surface area contributed by atoms with Crippen molar-refractivity contribution < 1.29 is 8.42 Å². The molecule has 0 aliphatic carbocycles. The number of anilines is 1. The number of rotatable bonds is 4. The largest absolute Gasteiger partial charge is 0.381 e. The second kappa shape index (κ2) is 5.09. The molecule has 1 aromatic carbocycles. The number of sulfonamides is 1. The molecule has 3 N–H and O–H groups in total. The van der Waals surface area contributed by atoms with Gasteiger partial charge in [-0.05, 0) is 47.0 Å². The van der Waals surface area contributed by atoms with Gasteiger partial charge in [0.15, 0.2) is 0 Å². The summed E-state index contributed by atoms with van der Waals surface area (Å²) in [7, 11) is -3.65. The Balaban J connectivity index is 2.22. The predicted molar refractivity (Wildman–Crippen MR) is 74.2 cm³/mol. The lowest BCUT2D eigenvalue weighted by molar-refractivity contribution is 0.598. The number of benzene rings is 1. The smallest absolute Gasteiger partial charge is 0.238 e. The maximum atomic E-state index is 11.3. The molecule has 0 spiro atoms. The Bertz CT molecular complexity index is 634. The fraction of sp³-hybridized carbons (Fsp3) is 0.167. The first kappa shape index (κ1) is 13.1. The molecule has 0 radical (unpaired) electrons. The summed E-state index contributed by atoms with van der Waals surface area (Å²) in [5.74, 6) is 0. The number of aryl methyl sites for hydroxylation is 1. The van der Waals surface area contributed by atoms with Crippen LogP contribution in [0.3, 0.4) is 0 Å². The zero-order valence-electron chi connectivity index (χ0n) is 9.88. The zero-order valence-corrected chi connectivity index (χ0v) is 11.5. The fourth-order valence-corrected chi connectivity index (χ4v) is 2.77. The molecule has 0 atom stereocenters. The van der Waals surface area contributed by atoms with E-state index in [2.05, 4.69) is 5.32 Å². The fourth-order valence-electron chi connectivity index (χ4n) is 1.56. The third kappa shape index (κ3) is 3.10. The Morgan fingerprint density at radius 2 is 2.11 bits per heavy atom. The van der Waals surface area contributed by atoms with Gasteiger partial charge < -0.3 is 5.32 Å². The van der Waals surface area contributed by atoms with Crippen molar-refractivity contribution in [3.63, 3.8) is 0 Å². The van der Waals surface area contributed by atoms with E-state index in [1.54, 1.807) is 23.5 Å². The maximum Gasteiger partial charge on any atom is 0.238 e. The van der Waals surface area contributed by atoms with Crippen LogP contribution in [0.1, 0.15) is 11.1 Å². The standard InChI is InChI=1S/C12H14N2O2S2/c1-9-2-3-11(18(13,15)16)6-12(9)14-7-10-4-5-17-8-10/h2-6,8,14H,7H2,1H3,(H2,13,15,16). The number of thiophene rings is 1. The third-order valence-electron chi connectivity index (χ3n) is 2.60. The Morgan fingerprint density at radius 3 is 2.72 bits per heavy atom. The lowest BCUT2D eigenvalue weighted by Crippen LogP contribution is -2.12. The van der Waals surface area contributed by atoms with Crippen LogP contribution in [0.2, 0.25) is 0 Å². The molecule has 0 aliphatic rings. The summed E-state index contributed by atoms with van der Waals surface area (Å²) in [5, 5.41) is 12.4. The van der Waals surface area contributed by atoms with Gasteiger partial charge in [0.25, 0.3) is 0 Å². The number of nitrogens with two attached hydrogens (primary N) is 1. The van der Waals surface area contributed by atoms with Gasteiger partial charge in [-0.15, -0.1) is 0 Å². The van der Waals surface area contributed by atoms with E-state index in [1.165, 1.54) is 11.6 Å². The van der Waals surface area contributed by atoms with Crippen molar-refractivity contribution >= 4 is 27.0 Å². The van der Waals surface area contributed by atoms with E-state index in [-0.39, 0.29) is 4.90 Å². The van der Waals surface area contributed by atoms with E-state index in [1.807, 2.05) is 23.8 Å². The quantitative estimate of drug-likeness (QED) is 0.904. The molecule has 0 saturated heterocycles. The van der Waals surface area contributed by atoms with Gasteiger partial charge in [-0.2, -0.15) is 11.3 Å². The monoisotopic (exact) mass is 282 g/mol. The summed E-state index contributed by atoms with van der Waals surface area (Å²) < 4.78 is 22.6. The van der Waals surface area contributed by atoms with Gasteiger partial charge in [-0.1, -0.05) is 6.07 Å². The van der Waals surface area contributed by atoms with Crippen molar-refractivity contribution in [1.82, 2.24) is 0 Å². The van der Waals surface area contributed by atoms with Gasteiger partial charge >= 0.3 is 0 Å². The number of hydrogen-bond acceptors (Lipinski definition) is 4. The Hall–Kier alpha value is -1.37. The van der Waals surface area contributed by atoms with E-state index < -0.39 is 10.0 Å². The maximum absolute atomic E-state index is 11.3. The summed E-state index contributed by atoms with van der Waals surface area (Å²) >= 11 is 1.63. The van der Waals surface area contributed by atoms with Crippen molar-refractivity contribution in [3.05, 3.63) is 46.2 Å². The summed E-state index contributed by atoms with van der Waals surface area (Å²) in [6.07, 6.45) is 0. The summed E-state index contributed by atoms with van der Waals surface area (Å²) in [5.41, 5.74) is 2.94. The molecule has 0 unspecified atom stereocenters. The second-order valence-electron chi connectivity index (χ2n) is 4.01. The Kier molecular flexibility index (Phi) is 3.70. The predicted octanol–water partition coefficient (Wildman–Crippen LogP) is 2.32. The van der Waals surface area contributed by atoms with Crippen LogP contribution in [-0.2, 0) is 16.6 Å². The summed E-state index contributed by atoms with van der Waals surface area (Å²) in [6, 6.07) is 6.85. The summed E-state index contributed by atoms with van der Waals surface area (Å²) in [4.78, 5) is 0.126. The van der Waals surface area contributed by atoms with E-state index in [0.29, 0.717) is 6.54 Å². The molecule has 1 aromatic heterocycles. The van der Waals surface area contributed by atoms with Crippen molar-refractivity contribution in [1.29, 1.82) is 0 Å². The van der Waals surface area contributed by atoms with Gasteiger partial charge in [-0.25, -0.2) is 13.6 Å². The molecule has 2 aromatic rings. The molecule has 1 heterocycles. The van der Waals surface area contributed by atoms with Gasteiger partial charge in [0.1, 0.15) is 0 Å². The van der Waals surface area contributed by atoms with Crippen molar-refractivity contribution in [2.75, 3.05) is 5.32 Å². The number of nitrogens with one attached hydrogen (secondary N) is 1. The molecule has 0 amide bonds. The highest BCUT2D eigenvalue weighted by Crippen LogP contribution is 2.20. The molecule has 4 nitrogen and oxygen atoms in total. The van der Waals surface area contributed by atoms with Crippen molar-refractivity contribution in [2.24, 2.45) is 5.14 Å². The first-order valence-electron chi connectivity index (χ1n) is 5.35. The number of hydrogen-bond donors (Lipinski definition) is 2. The van der Waals surface area contributed by atoms with E-state index in [0.717, 1.165) is 11.3 Å². The topological polar surface area (TPSA) is 72.2 Å². The van der Waals surface area contributed by atoms with E-state index in [9.17, 15) is 8.42 Å². The highest BCUT2D eigenvalue weighted by molar-refractivity contribution is 7.89. The van der Waals surface area contributed by atoms with E-state index in [4.69, 9.17) is 5.14 Å². The highest BCUT2D eigenvalue weighted by atomic mass is 32.2.